The van der Waals surface area contributed by atoms with Crippen molar-refractivity contribution in [1.29, 1.82) is 0 Å². The number of fused-ring (bicyclic) bond motifs is 1. The van der Waals surface area contributed by atoms with Gasteiger partial charge in [0.2, 0.25) is 0 Å². The number of hydrogen-bond donors (Lipinski definition) is 0. The first-order valence-electron chi connectivity index (χ1n) is 6.19. The number of carbonyl (C=O) groups is 2. The van der Waals surface area contributed by atoms with Gasteiger partial charge < -0.3 is 14.0 Å². The molecule has 0 saturated carbocycles. The number of rotatable bonds is 3. The second-order valence-corrected chi connectivity index (χ2v) is 4.37. The summed E-state index contributed by atoms with van der Waals surface area (Å²) in [6.07, 6.45) is 3.98. The summed E-state index contributed by atoms with van der Waals surface area (Å²) >= 11 is 0. The number of carbonyl (C=O) groups excluding carboxylic acids is 2. The van der Waals surface area contributed by atoms with E-state index in [0.717, 1.165) is 12.5 Å². The Labute approximate surface area is 115 Å². The average molecular weight is 277 g/mol. The van der Waals surface area contributed by atoms with E-state index in [0.29, 0.717) is 24.2 Å². The lowest BCUT2D eigenvalue weighted by molar-refractivity contribution is -0.134. The van der Waals surface area contributed by atoms with Crippen LogP contribution in [-0.2, 0) is 27.2 Å². The maximum atomic E-state index is 12.2. The normalized spacial score (nSPS) is 13.3. The number of methoxy groups -OCH3 is 2. The van der Waals surface area contributed by atoms with Crippen molar-refractivity contribution in [3.8, 4) is 0 Å². The highest BCUT2D eigenvalue weighted by atomic mass is 16.5. The van der Waals surface area contributed by atoms with E-state index >= 15 is 0 Å². The third-order valence-electron chi connectivity index (χ3n) is 3.23. The number of hydrogen-bond acceptors (Lipinski definition) is 5. The molecule has 0 unspecified atom stereocenters. The van der Waals surface area contributed by atoms with Crippen LogP contribution in [0.5, 0.6) is 0 Å². The second kappa shape index (κ2) is 5.73. The Hall–Kier alpha value is -2.37. The number of pyridine rings is 1. The van der Waals surface area contributed by atoms with Crippen molar-refractivity contribution >= 4 is 18.0 Å². The Morgan fingerprint density at radius 2 is 2.05 bits per heavy atom. The van der Waals surface area contributed by atoms with Gasteiger partial charge in [-0.3, -0.25) is 4.79 Å². The van der Waals surface area contributed by atoms with E-state index in [1.54, 1.807) is 4.57 Å². The monoisotopic (exact) mass is 277 g/mol. The van der Waals surface area contributed by atoms with Gasteiger partial charge in [0.15, 0.2) is 0 Å². The standard InChI is InChI=1S/C14H15NO5/c1-19-12(16)6-5-9-8-10(14(18)20-2)11-4-3-7-15(11)13(9)17/h5-6,8H,3-4,7H2,1-2H3/b6-5+. The smallest absolute Gasteiger partial charge is 0.339 e. The molecule has 1 aromatic rings. The van der Waals surface area contributed by atoms with Crippen LogP contribution in [-0.4, -0.2) is 30.7 Å². The summed E-state index contributed by atoms with van der Waals surface area (Å²) in [5.74, 6) is -1.04. The molecule has 0 N–H and O–H groups in total. The number of esters is 2. The van der Waals surface area contributed by atoms with Gasteiger partial charge in [-0.1, -0.05) is 0 Å². The van der Waals surface area contributed by atoms with Crippen LogP contribution in [0.15, 0.2) is 16.9 Å². The van der Waals surface area contributed by atoms with E-state index in [1.807, 2.05) is 0 Å². The van der Waals surface area contributed by atoms with Crippen LogP contribution in [0.1, 0.15) is 28.0 Å². The summed E-state index contributed by atoms with van der Waals surface area (Å²) < 4.78 is 10.8. The van der Waals surface area contributed by atoms with E-state index in [2.05, 4.69) is 4.74 Å². The van der Waals surface area contributed by atoms with Crippen LogP contribution >= 0.6 is 0 Å². The zero-order valence-electron chi connectivity index (χ0n) is 11.3. The maximum absolute atomic E-state index is 12.2. The summed E-state index contributed by atoms with van der Waals surface area (Å²) in [5.41, 5.74) is 1.11. The van der Waals surface area contributed by atoms with Gasteiger partial charge in [-0.25, -0.2) is 9.59 Å². The molecule has 0 aliphatic carbocycles. The summed E-state index contributed by atoms with van der Waals surface area (Å²) in [4.78, 5) is 35.1. The van der Waals surface area contributed by atoms with Crippen molar-refractivity contribution in [3.63, 3.8) is 0 Å². The third-order valence-corrected chi connectivity index (χ3v) is 3.23. The summed E-state index contributed by atoms with van der Waals surface area (Å²) in [6.45, 7) is 0.568. The Balaban J connectivity index is 2.54. The summed E-state index contributed by atoms with van der Waals surface area (Å²) in [6, 6.07) is 1.46. The first-order valence-corrected chi connectivity index (χ1v) is 6.19. The molecule has 0 bridgehead atoms. The SMILES string of the molecule is COC(=O)/C=C/c1cc(C(=O)OC)c2n(c1=O)CCC2. The fourth-order valence-corrected chi connectivity index (χ4v) is 2.27. The van der Waals surface area contributed by atoms with Gasteiger partial charge in [0.05, 0.1) is 19.8 Å². The minimum atomic E-state index is -0.561. The van der Waals surface area contributed by atoms with Gasteiger partial charge in [0, 0.05) is 23.9 Å². The van der Waals surface area contributed by atoms with Crippen LogP contribution in [0.3, 0.4) is 0 Å². The van der Waals surface area contributed by atoms with Crippen LogP contribution in [0.4, 0.5) is 0 Å². The minimum absolute atomic E-state index is 0.217. The van der Waals surface area contributed by atoms with Gasteiger partial charge in [-0.05, 0) is 25.0 Å². The summed E-state index contributed by atoms with van der Waals surface area (Å²) in [7, 11) is 2.55. The molecule has 0 spiro atoms. The fraction of sp³-hybridized carbons (Fsp3) is 0.357. The highest BCUT2D eigenvalue weighted by molar-refractivity contribution is 5.92. The third kappa shape index (κ3) is 2.49. The predicted octanol–water partition coefficient (Wildman–Crippen LogP) is 0.767. The molecule has 6 heteroatoms. The quantitative estimate of drug-likeness (QED) is 0.602. The van der Waals surface area contributed by atoms with Crippen molar-refractivity contribution < 1.29 is 19.1 Å². The molecule has 1 aliphatic heterocycles. The highest BCUT2D eigenvalue weighted by Gasteiger charge is 2.22. The second-order valence-electron chi connectivity index (χ2n) is 4.37. The molecular weight excluding hydrogens is 262 g/mol. The lowest BCUT2D eigenvalue weighted by Gasteiger charge is -2.09. The van der Waals surface area contributed by atoms with E-state index in [1.165, 1.54) is 26.4 Å². The predicted molar refractivity (Wildman–Crippen MR) is 71.4 cm³/mol. The molecule has 0 saturated heterocycles. The lowest BCUT2D eigenvalue weighted by Crippen LogP contribution is -2.24. The maximum Gasteiger partial charge on any atom is 0.339 e. The number of aromatic nitrogens is 1. The van der Waals surface area contributed by atoms with Crippen molar-refractivity contribution in [2.75, 3.05) is 14.2 Å². The Kier molecular flexibility index (Phi) is 4.02. The first kappa shape index (κ1) is 14.0. The molecule has 106 valence electrons. The van der Waals surface area contributed by atoms with Crippen molar-refractivity contribution in [2.24, 2.45) is 0 Å². The molecule has 6 nitrogen and oxygen atoms in total. The van der Waals surface area contributed by atoms with E-state index in [-0.39, 0.29) is 11.1 Å². The van der Waals surface area contributed by atoms with Gasteiger partial charge in [0.1, 0.15) is 0 Å². The van der Waals surface area contributed by atoms with Gasteiger partial charge in [0.25, 0.3) is 5.56 Å². The number of nitrogens with zero attached hydrogens (tertiary/aromatic N) is 1. The summed E-state index contributed by atoms with van der Waals surface area (Å²) in [5, 5.41) is 0. The molecule has 0 aromatic carbocycles. The van der Waals surface area contributed by atoms with E-state index in [4.69, 9.17) is 4.74 Å². The largest absolute Gasteiger partial charge is 0.466 e. The Morgan fingerprint density at radius 1 is 1.30 bits per heavy atom. The van der Waals surface area contributed by atoms with Crippen LogP contribution in [0.25, 0.3) is 6.08 Å². The highest BCUT2D eigenvalue weighted by Crippen LogP contribution is 2.19. The fourth-order valence-electron chi connectivity index (χ4n) is 2.27. The molecule has 0 atom stereocenters. The molecule has 2 rings (SSSR count). The Bertz CT molecular complexity index is 642. The van der Waals surface area contributed by atoms with Gasteiger partial charge in [-0.15, -0.1) is 0 Å². The van der Waals surface area contributed by atoms with Crippen molar-refractivity contribution in [2.45, 2.75) is 19.4 Å². The molecule has 20 heavy (non-hydrogen) atoms. The molecule has 0 radical (unpaired) electrons. The molecule has 0 amide bonds. The van der Waals surface area contributed by atoms with Crippen LogP contribution in [0, 0.1) is 0 Å². The van der Waals surface area contributed by atoms with Crippen molar-refractivity contribution in [3.05, 3.63) is 39.3 Å². The lowest BCUT2D eigenvalue weighted by atomic mass is 10.1. The number of ether oxygens (including phenoxy) is 2. The van der Waals surface area contributed by atoms with Crippen LogP contribution < -0.4 is 5.56 Å². The molecule has 2 heterocycles. The molecular formula is C14H15NO5. The minimum Gasteiger partial charge on any atom is -0.466 e. The molecule has 1 aromatic heterocycles. The molecule has 0 fully saturated rings. The molecule has 1 aliphatic rings. The van der Waals surface area contributed by atoms with E-state index in [9.17, 15) is 14.4 Å². The average Bonchev–Trinajstić information content (AvgIpc) is 2.95. The van der Waals surface area contributed by atoms with E-state index < -0.39 is 11.9 Å². The zero-order valence-corrected chi connectivity index (χ0v) is 11.3. The zero-order chi connectivity index (χ0) is 14.7. The van der Waals surface area contributed by atoms with Gasteiger partial charge >= 0.3 is 11.9 Å². The topological polar surface area (TPSA) is 74.6 Å². The van der Waals surface area contributed by atoms with Crippen molar-refractivity contribution in [1.82, 2.24) is 4.57 Å². The van der Waals surface area contributed by atoms with Crippen LogP contribution in [0.2, 0.25) is 0 Å². The first-order chi connectivity index (χ1) is 9.58. The Morgan fingerprint density at radius 3 is 2.70 bits per heavy atom. The van der Waals surface area contributed by atoms with Gasteiger partial charge in [-0.2, -0.15) is 0 Å².